The van der Waals surface area contributed by atoms with Gasteiger partial charge in [0, 0.05) is 19.4 Å². The first-order valence-electron chi connectivity index (χ1n) is 21.7. The zero-order valence-corrected chi connectivity index (χ0v) is 34.7. The molecular formula is C42H82NO8P. The van der Waals surface area contributed by atoms with Crippen LogP contribution in [0.4, 0.5) is 0 Å². The van der Waals surface area contributed by atoms with E-state index in [1.165, 1.54) is 135 Å². The first-order chi connectivity index (χ1) is 25.3. The average Bonchev–Trinajstić information content (AvgIpc) is 3.13. The van der Waals surface area contributed by atoms with Gasteiger partial charge in [0.1, 0.15) is 6.61 Å². The fourth-order valence-electron chi connectivity index (χ4n) is 6.16. The van der Waals surface area contributed by atoms with Crippen LogP contribution in [0.1, 0.15) is 213 Å². The van der Waals surface area contributed by atoms with Gasteiger partial charge in [-0.05, 0) is 38.5 Å². The van der Waals surface area contributed by atoms with Crippen LogP contribution in [0, 0.1) is 0 Å². The van der Waals surface area contributed by atoms with Crippen LogP contribution in [0.2, 0.25) is 0 Å². The van der Waals surface area contributed by atoms with Gasteiger partial charge in [0.15, 0.2) is 6.10 Å². The lowest BCUT2D eigenvalue weighted by Crippen LogP contribution is -2.29. The summed E-state index contributed by atoms with van der Waals surface area (Å²) in [4.78, 5) is 34.8. The molecule has 0 radical (unpaired) electrons. The Labute approximate surface area is 319 Å². The van der Waals surface area contributed by atoms with Crippen LogP contribution < -0.4 is 5.73 Å². The Hall–Kier alpha value is -1.25. The molecule has 10 heteroatoms. The van der Waals surface area contributed by atoms with Crippen molar-refractivity contribution in [3.8, 4) is 0 Å². The summed E-state index contributed by atoms with van der Waals surface area (Å²) in [5.74, 6) is -0.836. The number of rotatable bonds is 41. The van der Waals surface area contributed by atoms with Gasteiger partial charge < -0.3 is 20.1 Å². The van der Waals surface area contributed by atoms with Crippen LogP contribution in [0.15, 0.2) is 12.2 Å². The highest BCUT2D eigenvalue weighted by Gasteiger charge is 2.26. The monoisotopic (exact) mass is 760 g/mol. The number of unbranched alkanes of at least 4 members (excludes halogenated alkanes) is 26. The molecule has 0 bridgehead atoms. The number of hydrogen-bond acceptors (Lipinski definition) is 8. The molecule has 0 saturated heterocycles. The van der Waals surface area contributed by atoms with Crippen molar-refractivity contribution in [2.75, 3.05) is 26.4 Å². The Morgan fingerprint density at radius 2 is 0.942 bits per heavy atom. The van der Waals surface area contributed by atoms with Gasteiger partial charge in [-0.1, -0.05) is 174 Å². The predicted molar refractivity (Wildman–Crippen MR) is 215 cm³/mol. The summed E-state index contributed by atoms with van der Waals surface area (Å²) in [6, 6.07) is 0. The molecule has 52 heavy (non-hydrogen) atoms. The molecule has 1 unspecified atom stereocenters. The van der Waals surface area contributed by atoms with E-state index in [2.05, 4.69) is 26.0 Å². The molecule has 3 N–H and O–H groups in total. The maximum absolute atomic E-state index is 12.6. The summed E-state index contributed by atoms with van der Waals surface area (Å²) in [5, 5.41) is 0. The maximum Gasteiger partial charge on any atom is 0.472 e. The molecule has 0 aromatic carbocycles. The molecule has 0 heterocycles. The third kappa shape index (κ3) is 38.5. The Bertz CT molecular complexity index is 871. The van der Waals surface area contributed by atoms with Crippen LogP contribution in [0.5, 0.6) is 0 Å². The number of allylic oxidation sites excluding steroid dienone is 2. The van der Waals surface area contributed by atoms with Gasteiger partial charge in [-0.25, -0.2) is 4.57 Å². The van der Waals surface area contributed by atoms with Crippen molar-refractivity contribution in [1.29, 1.82) is 0 Å². The van der Waals surface area contributed by atoms with Crippen LogP contribution in [0.25, 0.3) is 0 Å². The second-order valence-corrected chi connectivity index (χ2v) is 16.0. The lowest BCUT2D eigenvalue weighted by atomic mass is 10.0. The number of ether oxygens (including phenoxy) is 2. The van der Waals surface area contributed by atoms with E-state index in [0.29, 0.717) is 12.8 Å². The van der Waals surface area contributed by atoms with E-state index < -0.39 is 32.5 Å². The fraction of sp³-hybridized carbons (Fsp3) is 0.905. The van der Waals surface area contributed by atoms with Crippen molar-refractivity contribution in [3.05, 3.63) is 12.2 Å². The number of carbonyl (C=O) groups is 2. The third-order valence-corrected chi connectivity index (χ3v) is 10.4. The van der Waals surface area contributed by atoms with Crippen molar-refractivity contribution in [2.24, 2.45) is 5.73 Å². The van der Waals surface area contributed by atoms with Gasteiger partial charge in [-0.2, -0.15) is 0 Å². The summed E-state index contributed by atoms with van der Waals surface area (Å²) >= 11 is 0. The smallest absolute Gasteiger partial charge is 0.462 e. The Morgan fingerprint density at radius 3 is 1.38 bits per heavy atom. The minimum atomic E-state index is -4.37. The number of carbonyl (C=O) groups excluding carboxylic acids is 2. The predicted octanol–water partition coefficient (Wildman–Crippen LogP) is 12.2. The highest BCUT2D eigenvalue weighted by molar-refractivity contribution is 7.47. The minimum absolute atomic E-state index is 0.0544. The lowest BCUT2D eigenvalue weighted by Gasteiger charge is -2.19. The normalized spacial score (nSPS) is 13.4. The van der Waals surface area contributed by atoms with Crippen molar-refractivity contribution in [3.63, 3.8) is 0 Å². The van der Waals surface area contributed by atoms with E-state index >= 15 is 0 Å². The van der Waals surface area contributed by atoms with Crippen molar-refractivity contribution in [2.45, 2.75) is 219 Å². The molecule has 0 fully saturated rings. The molecular weight excluding hydrogens is 677 g/mol. The molecule has 0 amide bonds. The molecule has 0 aliphatic heterocycles. The number of esters is 2. The number of hydrogen-bond donors (Lipinski definition) is 2. The third-order valence-electron chi connectivity index (χ3n) is 9.40. The van der Waals surface area contributed by atoms with Gasteiger partial charge in [0.2, 0.25) is 0 Å². The first kappa shape index (κ1) is 50.8. The summed E-state index contributed by atoms with van der Waals surface area (Å²) in [7, 11) is -4.37. The summed E-state index contributed by atoms with van der Waals surface area (Å²) in [6.45, 7) is 3.74. The molecule has 0 aliphatic carbocycles. The van der Waals surface area contributed by atoms with Gasteiger partial charge in [0.25, 0.3) is 0 Å². The quantitative estimate of drug-likeness (QED) is 0.0270. The molecule has 0 aromatic heterocycles. The number of phosphoric acid groups is 1. The van der Waals surface area contributed by atoms with E-state index in [4.69, 9.17) is 24.3 Å². The van der Waals surface area contributed by atoms with Gasteiger partial charge in [-0.3, -0.25) is 18.6 Å². The van der Waals surface area contributed by atoms with E-state index in [1.54, 1.807) is 0 Å². The first-order valence-corrected chi connectivity index (χ1v) is 23.2. The van der Waals surface area contributed by atoms with Gasteiger partial charge in [-0.15, -0.1) is 0 Å². The molecule has 308 valence electrons. The van der Waals surface area contributed by atoms with Crippen molar-refractivity contribution >= 4 is 19.8 Å². The van der Waals surface area contributed by atoms with Crippen LogP contribution in [-0.2, 0) is 32.7 Å². The maximum atomic E-state index is 12.6. The van der Waals surface area contributed by atoms with E-state index in [0.717, 1.165) is 38.5 Å². The van der Waals surface area contributed by atoms with Crippen LogP contribution in [0.3, 0.4) is 0 Å². The van der Waals surface area contributed by atoms with E-state index in [1.807, 2.05) is 0 Å². The highest BCUT2D eigenvalue weighted by atomic mass is 31.2. The molecule has 0 saturated carbocycles. The van der Waals surface area contributed by atoms with Crippen molar-refractivity contribution in [1.82, 2.24) is 0 Å². The van der Waals surface area contributed by atoms with Crippen molar-refractivity contribution < 1.29 is 37.6 Å². The molecule has 9 nitrogen and oxygen atoms in total. The number of nitrogens with two attached hydrogens (primary N) is 1. The van der Waals surface area contributed by atoms with E-state index in [9.17, 15) is 19.0 Å². The second kappa shape index (κ2) is 39.4. The molecule has 0 rings (SSSR count). The largest absolute Gasteiger partial charge is 0.472 e. The summed E-state index contributed by atoms with van der Waals surface area (Å²) < 4.78 is 32.7. The second-order valence-electron chi connectivity index (χ2n) is 14.6. The SMILES string of the molecule is CCCCCCCCCC/C=C/CCCCCC(=O)OC[C@H](COP(=O)(O)OCCN)OC(=O)CCCCCCCCCCCCCCCCCC. The lowest BCUT2D eigenvalue weighted by molar-refractivity contribution is -0.161. The van der Waals surface area contributed by atoms with Crippen LogP contribution in [-0.4, -0.2) is 49.3 Å². The fourth-order valence-corrected chi connectivity index (χ4v) is 6.92. The topological polar surface area (TPSA) is 134 Å². The summed E-state index contributed by atoms with van der Waals surface area (Å²) in [6.07, 6.45) is 39.5. The Balaban J connectivity index is 4.14. The standard InChI is InChI=1S/C42H82NO8P/c1-3-5-7-9-11-13-15-17-19-21-23-25-27-29-31-33-35-42(45)51-40(39-50-52(46,47)49-37-36-43)38-48-41(44)34-32-30-28-26-24-22-20-18-16-14-12-10-8-6-4-2/h22,24,40H,3-21,23,25-39,43H2,1-2H3,(H,46,47)/b24-22+/t40-/m1/s1. The van der Waals surface area contributed by atoms with Gasteiger partial charge >= 0.3 is 19.8 Å². The van der Waals surface area contributed by atoms with Crippen LogP contribution >= 0.6 is 7.82 Å². The Morgan fingerprint density at radius 1 is 0.558 bits per heavy atom. The zero-order chi connectivity index (χ0) is 38.2. The summed E-state index contributed by atoms with van der Waals surface area (Å²) in [5.41, 5.74) is 5.34. The Kier molecular flexibility index (Phi) is 38.5. The average molecular weight is 760 g/mol. The van der Waals surface area contributed by atoms with Gasteiger partial charge in [0.05, 0.1) is 13.2 Å². The zero-order valence-electron chi connectivity index (χ0n) is 33.8. The molecule has 0 spiro atoms. The van der Waals surface area contributed by atoms with E-state index in [-0.39, 0.29) is 32.6 Å². The molecule has 0 aliphatic rings. The minimum Gasteiger partial charge on any atom is -0.462 e. The molecule has 0 aromatic rings. The molecule has 2 atom stereocenters. The highest BCUT2D eigenvalue weighted by Crippen LogP contribution is 2.43. The number of phosphoric ester groups is 1.